The molecule has 3 rings (SSSR count). The van der Waals surface area contributed by atoms with Crippen LogP contribution in [0.4, 0.5) is 18.9 Å². The van der Waals surface area contributed by atoms with E-state index in [2.05, 4.69) is 15.9 Å². The Bertz CT molecular complexity index is 794. The van der Waals surface area contributed by atoms with E-state index in [1.54, 1.807) is 25.1 Å². The molecule has 1 heterocycles. The van der Waals surface area contributed by atoms with E-state index in [0.29, 0.717) is 12.0 Å². The fourth-order valence-corrected chi connectivity index (χ4v) is 3.22. The average molecular weight is 414 g/mol. The first-order chi connectivity index (χ1) is 11.8. The molecule has 2 aromatic rings. The molecule has 1 fully saturated rings. The van der Waals surface area contributed by atoms with Crippen LogP contribution in [-0.4, -0.2) is 12.0 Å². The van der Waals surface area contributed by atoms with Gasteiger partial charge in [-0.1, -0.05) is 41.1 Å². The van der Waals surface area contributed by atoms with Crippen LogP contribution in [0.5, 0.6) is 0 Å². The van der Waals surface area contributed by atoms with Crippen LogP contribution in [0.25, 0.3) is 0 Å². The van der Waals surface area contributed by atoms with Crippen LogP contribution in [0, 0.1) is 0 Å². The molecule has 0 aliphatic carbocycles. The summed E-state index contributed by atoms with van der Waals surface area (Å²) in [7, 11) is 0. The molecule has 0 bridgehead atoms. The van der Waals surface area contributed by atoms with Crippen LogP contribution in [-0.2, 0) is 15.7 Å². The Labute approximate surface area is 151 Å². The van der Waals surface area contributed by atoms with Gasteiger partial charge in [-0.15, -0.1) is 0 Å². The Morgan fingerprint density at radius 3 is 2.52 bits per heavy atom. The highest BCUT2D eigenvalue weighted by atomic mass is 79.9. The number of halogens is 4. The third-order valence-electron chi connectivity index (χ3n) is 4.00. The molecule has 0 saturated carbocycles. The maximum Gasteiger partial charge on any atom is 0.416 e. The Hall–Kier alpha value is -1.86. The third kappa shape index (κ3) is 3.57. The van der Waals surface area contributed by atoms with Crippen molar-refractivity contribution in [3.63, 3.8) is 0 Å². The highest BCUT2D eigenvalue weighted by molar-refractivity contribution is 9.10. The first kappa shape index (κ1) is 17.9. The third-order valence-corrected chi connectivity index (χ3v) is 4.49. The van der Waals surface area contributed by atoms with Gasteiger partial charge in [-0.2, -0.15) is 13.2 Å². The molecule has 0 N–H and O–H groups in total. The van der Waals surface area contributed by atoms with Crippen molar-refractivity contribution >= 4 is 27.5 Å². The van der Waals surface area contributed by atoms with Gasteiger partial charge < -0.3 is 4.74 Å². The SMILES string of the molecule is CCC1OC(c2cccc(Br)c2)N(c2cccc(C(F)(F)F)c2)C1=O. The molecule has 1 saturated heterocycles. The van der Waals surface area contributed by atoms with Gasteiger partial charge in [0.05, 0.1) is 5.56 Å². The van der Waals surface area contributed by atoms with E-state index in [1.165, 1.54) is 17.0 Å². The minimum absolute atomic E-state index is 0.167. The second kappa shape index (κ2) is 6.80. The number of carbonyl (C=O) groups excluding carboxylic acids is 1. The molecule has 7 heteroatoms. The fraction of sp³-hybridized carbons (Fsp3) is 0.278. The summed E-state index contributed by atoms with van der Waals surface area (Å²) in [6, 6.07) is 11.9. The Morgan fingerprint density at radius 2 is 1.88 bits per heavy atom. The van der Waals surface area contributed by atoms with E-state index in [4.69, 9.17) is 4.74 Å². The maximum atomic E-state index is 13.0. The number of anilines is 1. The van der Waals surface area contributed by atoms with Gasteiger partial charge in [-0.25, -0.2) is 0 Å². The Morgan fingerprint density at radius 1 is 1.16 bits per heavy atom. The van der Waals surface area contributed by atoms with Gasteiger partial charge in [0.2, 0.25) is 0 Å². The number of amides is 1. The molecule has 1 amide bonds. The molecule has 25 heavy (non-hydrogen) atoms. The van der Waals surface area contributed by atoms with Gasteiger partial charge in [-0.05, 0) is 36.8 Å². The van der Waals surface area contributed by atoms with Crippen molar-refractivity contribution in [3.8, 4) is 0 Å². The Balaban J connectivity index is 2.06. The van der Waals surface area contributed by atoms with Crippen LogP contribution in [0.15, 0.2) is 53.0 Å². The number of benzene rings is 2. The lowest BCUT2D eigenvalue weighted by atomic mass is 10.1. The minimum atomic E-state index is -4.48. The quantitative estimate of drug-likeness (QED) is 0.682. The van der Waals surface area contributed by atoms with Gasteiger partial charge in [0, 0.05) is 15.7 Å². The largest absolute Gasteiger partial charge is 0.416 e. The highest BCUT2D eigenvalue weighted by Gasteiger charge is 2.42. The van der Waals surface area contributed by atoms with Crippen molar-refractivity contribution in [1.29, 1.82) is 0 Å². The topological polar surface area (TPSA) is 29.5 Å². The predicted molar refractivity (Wildman–Crippen MR) is 91.0 cm³/mol. The molecule has 2 aromatic carbocycles. The molecule has 1 aliphatic rings. The van der Waals surface area contributed by atoms with E-state index < -0.39 is 24.1 Å². The molecule has 132 valence electrons. The summed E-state index contributed by atoms with van der Waals surface area (Å²) in [5.41, 5.74) is 0.0579. The minimum Gasteiger partial charge on any atom is -0.341 e. The molecule has 2 atom stereocenters. The number of ether oxygens (including phenoxy) is 1. The van der Waals surface area contributed by atoms with Gasteiger partial charge in [-0.3, -0.25) is 9.69 Å². The number of hydrogen-bond donors (Lipinski definition) is 0. The van der Waals surface area contributed by atoms with Gasteiger partial charge in [0.15, 0.2) is 6.23 Å². The van der Waals surface area contributed by atoms with E-state index in [9.17, 15) is 18.0 Å². The molecular formula is C18H15BrF3NO2. The zero-order valence-electron chi connectivity index (χ0n) is 13.3. The summed E-state index contributed by atoms with van der Waals surface area (Å²) in [5, 5.41) is 0. The molecule has 3 nitrogen and oxygen atoms in total. The van der Waals surface area contributed by atoms with Gasteiger partial charge in [0.25, 0.3) is 5.91 Å². The van der Waals surface area contributed by atoms with Crippen molar-refractivity contribution in [2.24, 2.45) is 0 Å². The summed E-state index contributed by atoms with van der Waals surface area (Å²) in [6.07, 6.45) is -5.48. The van der Waals surface area contributed by atoms with Crippen LogP contribution in [0.1, 0.15) is 30.7 Å². The van der Waals surface area contributed by atoms with Gasteiger partial charge >= 0.3 is 6.18 Å². The summed E-state index contributed by atoms with van der Waals surface area (Å²) in [6.45, 7) is 1.80. The standard InChI is InChI=1S/C18H15BrF3NO2/c1-2-15-16(24)23(14-8-4-6-12(10-14)18(20,21)22)17(25-15)11-5-3-7-13(19)9-11/h3-10,15,17H,2H2,1H3. The van der Waals surface area contributed by atoms with Crippen LogP contribution >= 0.6 is 15.9 Å². The van der Waals surface area contributed by atoms with E-state index in [1.807, 2.05) is 6.07 Å². The molecule has 0 spiro atoms. The van der Waals surface area contributed by atoms with Crippen molar-refractivity contribution in [2.45, 2.75) is 31.9 Å². The summed E-state index contributed by atoms with van der Waals surface area (Å²) >= 11 is 3.36. The summed E-state index contributed by atoms with van der Waals surface area (Å²) in [5.74, 6) is -0.341. The number of nitrogens with zero attached hydrogens (tertiary/aromatic N) is 1. The first-order valence-corrected chi connectivity index (χ1v) is 8.52. The van der Waals surface area contributed by atoms with E-state index >= 15 is 0 Å². The maximum absolute atomic E-state index is 13.0. The first-order valence-electron chi connectivity index (χ1n) is 7.72. The molecule has 2 unspecified atom stereocenters. The number of carbonyl (C=O) groups is 1. The summed E-state index contributed by atoms with van der Waals surface area (Å²) in [4.78, 5) is 14.0. The lowest BCUT2D eigenvalue weighted by molar-refractivity contribution is -0.137. The second-order valence-electron chi connectivity index (χ2n) is 5.70. The Kier molecular flexibility index (Phi) is 4.88. The van der Waals surface area contributed by atoms with Crippen molar-refractivity contribution in [1.82, 2.24) is 0 Å². The highest BCUT2D eigenvalue weighted by Crippen LogP contribution is 2.39. The van der Waals surface area contributed by atoms with Crippen LogP contribution in [0.3, 0.4) is 0 Å². The van der Waals surface area contributed by atoms with Crippen molar-refractivity contribution < 1.29 is 22.7 Å². The average Bonchev–Trinajstić information content (AvgIpc) is 2.91. The smallest absolute Gasteiger partial charge is 0.341 e. The molecule has 1 aliphatic heterocycles. The van der Waals surface area contributed by atoms with Crippen LogP contribution in [0.2, 0.25) is 0 Å². The normalized spacial score (nSPS) is 21.0. The number of rotatable bonds is 3. The monoisotopic (exact) mass is 413 g/mol. The lowest BCUT2D eigenvalue weighted by Crippen LogP contribution is -2.31. The van der Waals surface area contributed by atoms with Crippen molar-refractivity contribution in [2.75, 3.05) is 4.90 Å². The predicted octanol–water partition coefficient (Wildman–Crippen LogP) is 5.31. The fourth-order valence-electron chi connectivity index (χ4n) is 2.80. The molecule has 0 aromatic heterocycles. The van der Waals surface area contributed by atoms with Crippen molar-refractivity contribution in [3.05, 3.63) is 64.1 Å². The lowest BCUT2D eigenvalue weighted by Gasteiger charge is -2.24. The zero-order chi connectivity index (χ0) is 18.2. The van der Waals surface area contributed by atoms with E-state index in [-0.39, 0.29) is 11.6 Å². The summed E-state index contributed by atoms with van der Waals surface area (Å²) < 4.78 is 45.7. The zero-order valence-corrected chi connectivity index (χ0v) is 14.8. The number of hydrogen-bond acceptors (Lipinski definition) is 2. The molecular weight excluding hydrogens is 399 g/mol. The van der Waals surface area contributed by atoms with E-state index in [0.717, 1.165) is 16.6 Å². The molecule has 0 radical (unpaired) electrons. The second-order valence-corrected chi connectivity index (χ2v) is 6.61. The van der Waals surface area contributed by atoms with Crippen LogP contribution < -0.4 is 4.90 Å². The van der Waals surface area contributed by atoms with Gasteiger partial charge in [0.1, 0.15) is 6.10 Å². The number of alkyl halides is 3.